The summed E-state index contributed by atoms with van der Waals surface area (Å²) in [4.78, 5) is 7.16. The van der Waals surface area contributed by atoms with Crippen LogP contribution in [0.1, 0.15) is 12.2 Å². The standard InChI is InChI=1S/C7H13N3S/c8-2-1-5-11-6-7-9-3-4-10-7/h3-4H,1-2,5-6,8H2,(H,9,10). The van der Waals surface area contributed by atoms with Gasteiger partial charge in [0.15, 0.2) is 0 Å². The molecule has 1 aromatic heterocycles. The molecule has 0 saturated heterocycles. The molecule has 0 amide bonds. The Hall–Kier alpha value is -0.480. The molecule has 3 N–H and O–H groups in total. The lowest BCUT2D eigenvalue weighted by Crippen LogP contribution is -1.99. The van der Waals surface area contributed by atoms with Crippen molar-refractivity contribution in [3.8, 4) is 0 Å². The van der Waals surface area contributed by atoms with Gasteiger partial charge in [-0.15, -0.1) is 0 Å². The first-order valence-electron chi connectivity index (χ1n) is 3.69. The van der Waals surface area contributed by atoms with E-state index in [1.165, 1.54) is 0 Å². The van der Waals surface area contributed by atoms with Gasteiger partial charge in [0.2, 0.25) is 0 Å². The number of rotatable bonds is 5. The van der Waals surface area contributed by atoms with Crippen molar-refractivity contribution in [2.45, 2.75) is 12.2 Å². The van der Waals surface area contributed by atoms with Gasteiger partial charge in [0.25, 0.3) is 0 Å². The van der Waals surface area contributed by atoms with Gasteiger partial charge in [-0.25, -0.2) is 4.98 Å². The monoisotopic (exact) mass is 171 g/mol. The topological polar surface area (TPSA) is 54.7 Å². The molecule has 11 heavy (non-hydrogen) atoms. The van der Waals surface area contributed by atoms with Crippen LogP contribution in [0.15, 0.2) is 12.4 Å². The minimum Gasteiger partial charge on any atom is -0.348 e. The van der Waals surface area contributed by atoms with E-state index in [0.717, 1.165) is 30.3 Å². The molecule has 4 heteroatoms. The minimum absolute atomic E-state index is 0.783. The van der Waals surface area contributed by atoms with E-state index in [4.69, 9.17) is 5.73 Å². The molecule has 1 heterocycles. The third kappa shape index (κ3) is 3.43. The fourth-order valence-corrected chi connectivity index (χ4v) is 1.60. The smallest absolute Gasteiger partial charge is 0.116 e. The van der Waals surface area contributed by atoms with E-state index in [0.29, 0.717) is 0 Å². The maximum atomic E-state index is 5.35. The van der Waals surface area contributed by atoms with Gasteiger partial charge in [-0.2, -0.15) is 11.8 Å². The van der Waals surface area contributed by atoms with Crippen LogP contribution in [0.5, 0.6) is 0 Å². The predicted octanol–water partition coefficient (Wildman–Crippen LogP) is 0.992. The lowest BCUT2D eigenvalue weighted by Gasteiger charge is -1.95. The summed E-state index contributed by atoms with van der Waals surface area (Å²) in [7, 11) is 0. The summed E-state index contributed by atoms with van der Waals surface area (Å²) in [6.45, 7) is 0.783. The van der Waals surface area contributed by atoms with Gasteiger partial charge in [-0.3, -0.25) is 0 Å². The SMILES string of the molecule is NCCCSCc1ncc[nH]1. The number of aromatic amines is 1. The predicted molar refractivity (Wildman–Crippen MR) is 48.4 cm³/mol. The van der Waals surface area contributed by atoms with Gasteiger partial charge >= 0.3 is 0 Å². The zero-order chi connectivity index (χ0) is 7.94. The summed E-state index contributed by atoms with van der Waals surface area (Å²) < 4.78 is 0. The maximum Gasteiger partial charge on any atom is 0.116 e. The first-order valence-corrected chi connectivity index (χ1v) is 4.85. The Bertz CT molecular complexity index is 174. The summed E-state index contributed by atoms with van der Waals surface area (Å²) in [5, 5.41) is 0. The minimum atomic E-state index is 0.783. The van der Waals surface area contributed by atoms with Crippen LogP contribution < -0.4 is 5.73 Å². The summed E-state index contributed by atoms with van der Waals surface area (Å²) in [5.74, 6) is 3.14. The number of hydrogen-bond acceptors (Lipinski definition) is 3. The highest BCUT2D eigenvalue weighted by Crippen LogP contribution is 2.07. The number of aromatic nitrogens is 2. The second kappa shape index (κ2) is 5.21. The number of imidazole rings is 1. The molecule has 3 nitrogen and oxygen atoms in total. The Morgan fingerprint density at radius 3 is 3.18 bits per heavy atom. The Balaban J connectivity index is 2.04. The molecule has 0 fully saturated rings. The van der Waals surface area contributed by atoms with Gasteiger partial charge in [0.1, 0.15) is 5.82 Å². The third-order valence-corrected chi connectivity index (χ3v) is 2.34. The molecule has 0 atom stereocenters. The highest BCUT2D eigenvalue weighted by Gasteiger charge is 1.93. The van der Waals surface area contributed by atoms with E-state index in [1.54, 1.807) is 6.20 Å². The van der Waals surface area contributed by atoms with Crippen molar-refractivity contribution in [1.82, 2.24) is 9.97 Å². The Morgan fingerprint density at radius 1 is 1.64 bits per heavy atom. The van der Waals surface area contributed by atoms with Crippen LogP contribution >= 0.6 is 11.8 Å². The van der Waals surface area contributed by atoms with E-state index in [1.807, 2.05) is 18.0 Å². The summed E-state index contributed by atoms with van der Waals surface area (Å²) in [6, 6.07) is 0. The maximum absolute atomic E-state index is 5.35. The van der Waals surface area contributed by atoms with E-state index < -0.39 is 0 Å². The van der Waals surface area contributed by atoms with Gasteiger partial charge in [-0.1, -0.05) is 0 Å². The molecule has 62 valence electrons. The molecule has 0 spiro atoms. The Labute approximate surface area is 70.8 Å². The fraction of sp³-hybridized carbons (Fsp3) is 0.571. The van der Waals surface area contributed by atoms with Crippen LogP contribution in [0.25, 0.3) is 0 Å². The highest BCUT2D eigenvalue weighted by molar-refractivity contribution is 7.98. The molecule has 0 aromatic carbocycles. The van der Waals surface area contributed by atoms with Crippen molar-refractivity contribution in [3.63, 3.8) is 0 Å². The summed E-state index contributed by atoms with van der Waals surface area (Å²) in [6.07, 6.45) is 4.71. The van der Waals surface area contributed by atoms with Crippen molar-refractivity contribution in [2.24, 2.45) is 5.73 Å². The molecular formula is C7H13N3S. The number of H-pyrrole nitrogens is 1. The molecule has 0 radical (unpaired) electrons. The number of nitrogens with two attached hydrogens (primary N) is 1. The van der Waals surface area contributed by atoms with Gasteiger partial charge < -0.3 is 10.7 Å². The summed E-state index contributed by atoms with van der Waals surface area (Å²) >= 11 is 1.86. The molecule has 0 aliphatic carbocycles. The van der Waals surface area contributed by atoms with Crippen molar-refractivity contribution in [3.05, 3.63) is 18.2 Å². The number of nitrogens with one attached hydrogen (secondary N) is 1. The second-order valence-corrected chi connectivity index (χ2v) is 3.34. The highest BCUT2D eigenvalue weighted by atomic mass is 32.2. The van der Waals surface area contributed by atoms with Crippen molar-refractivity contribution >= 4 is 11.8 Å². The van der Waals surface area contributed by atoms with Crippen LogP contribution in [0.4, 0.5) is 0 Å². The zero-order valence-corrected chi connectivity index (χ0v) is 7.23. The first kappa shape index (κ1) is 8.62. The molecule has 0 saturated carbocycles. The molecule has 0 aliphatic rings. The van der Waals surface area contributed by atoms with E-state index in [9.17, 15) is 0 Å². The lowest BCUT2D eigenvalue weighted by molar-refractivity contribution is 0.941. The Kier molecular flexibility index (Phi) is 4.08. The van der Waals surface area contributed by atoms with Crippen LogP contribution in [0, 0.1) is 0 Å². The molecule has 1 aromatic rings. The van der Waals surface area contributed by atoms with Crippen LogP contribution in [-0.4, -0.2) is 22.3 Å². The van der Waals surface area contributed by atoms with E-state index >= 15 is 0 Å². The van der Waals surface area contributed by atoms with E-state index in [-0.39, 0.29) is 0 Å². The van der Waals surface area contributed by atoms with Crippen LogP contribution in [-0.2, 0) is 5.75 Å². The quantitative estimate of drug-likeness (QED) is 0.650. The molecule has 0 bridgehead atoms. The Morgan fingerprint density at radius 2 is 2.55 bits per heavy atom. The fourth-order valence-electron chi connectivity index (χ4n) is 0.731. The lowest BCUT2D eigenvalue weighted by atomic mass is 10.5. The zero-order valence-electron chi connectivity index (χ0n) is 6.42. The van der Waals surface area contributed by atoms with Gasteiger partial charge in [-0.05, 0) is 18.7 Å². The van der Waals surface area contributed by atoms with Gasteiger partial charge in [0, 0.05) is 12.4 Å². The largest absolute Gasteiger partial charge is 0.348 e. The molecule has 0 aliphatic heterocycles. The second-order valence-electron chi connectivity index (χ2n) is 2.23. The first-order chi connectivity index (χ1) is 5.43. The molecular weight excluding hydrogens is 158 g/mol. The van der Waals surface area contributed by atoms with Crippen molar-refractivity contribution in [2.75, 3.05) is 12.3 Å². The van der Waals surface area contributed by atoms with Crippen LogP contribution in [0.2, 0.25) is 0 Å². The third-order valence-electron chi connectivity index (χ3n) is 1.29. The number of nitrogens with zero attached hydrogens (tertiary/aromatic N) is 1. The molecule has 0 unspecified atom stereocenters. The van der Waals surface area contributed by atoms with E-state index in [2.05, 4.69) is 9.97 Å². The molecule has 1 rings (SSSR count). The van der Waals surface area contributed by atoms with Crippen LogP contribution in [0.3, 0.4) is 0 Å². The average molecular weight is 171 g/mol. The van der Waals surface area contributed by atoms with Crippen molar-refractivity contribution in [1.29, 1.82) is 0 Å². The summed E-state index contributed by atoms with van der Waals surface area (Å²) in [5.41, 5.74) is 5.35. The number of hydrogen-bond donors (Lipinski definition) is 2. The normalized spacial score (nSPS) is 10.3. The van der Waals surface area contributed by atoms with Gasteiger partial charge in [0.05, 0.1) is 5.75 Å². The van der Waals surface area contributed by atoms with Crippen molar-refractivity contribution < 1.29 is 0 Å². The number of thioether (sulfide) groups is 1. The average Bonchev–Trinajstić information content (AvgIpc) is 2.50.